The van der Waals surface area contributed by atoms with Crippen molar-refractivity contribution in [2.24, 2.45) is 16.7 Å². The van der Waals surface area contributed by atoms with Gasteiger partial charge in [-0.3, -0.25) is 0 Å². The van der Waals surface area contributed by atoms with E-state index in [9.17, 15) is 0 Å². The van der Waals surface area contributed by atoms with Gasteiger partial charge in [0.1, 0.15) is 0 Å². The summed E-state index contributed by atoms with van der Waals surface area (Å²) < 4.78 is 0. The van der Waals surface area contributed by atoms with E-state index in [0.29, 0.717) is 10.8 Å². The maximum atomic E-state index is 2.61. The van der Waals surface area contributed by atoms with E-state index in [4.69, 9.17) is 0 Å². The van der Waals surface area contributed by atoms with E-state index in [0.717, 1.165) is 5.92 Å². The van der Waals surface area contributed by atoms with Crippen molar-refractivity contribution in [3.05, 3.63) is 0 Å². The first kappa shape index (κ1) is 28.0. The zero-order valence-electron chi connectivity index (χ0n) is 21.3. The third-order valence-electron chi connectivity index (χ3n) is 7.81. The topological polar surface area (TPSA) is 0 Å². The van der Waals surface area contributed by atoms with Gasteiger partial charge in [0.2, 0.25) is 0 Å². The quantitative estimate of drug-likeness (QED) is 0.180. The van der Waals surface area contributed by atoms with Gasteiger partial charge in [-0.1, -0.05) is 145 Å². The van der Waals surface area contributed by atoms with Crippen LogP contribution in [0.5, 0.6) is 0 Å². The molecule has 0 heteroatoms. The second-order valence-electron chi connectivity index (χ2n) is 10.7. The van der Waals surface area contributed by atoms with Crippen molar-refractivity contribution in [3.8, 4) is 0 Å². The van der Waals surface area contributed by atoms with Gasteiger partial charge in [-0.15, -0.1) is 0 Å². The van der Waals surface area contributed by atoms with Crippen molar-refractivity contribution in [1.29, 1.82) is 0 Å². The molecule has 0 aromatic rings. The molecule has 1 unspecified atom stereocenters. The fourth-order valence-corrected chi connectivity index (χ4v) is 5.65. The number of hydrogen-bond acceptors (Lipinski definition) is 0. The zero-order chi connectivity index (χ0) is 21.3. The summed E-state index contributed by atoms with van der Waals surface area (Å²) in [6, 6.07) is 0. The molecule has 0 aliphatic carbocycles. The van der Waals surface area contributed by atoms with E-state index in [2.05, 4.69) is 48.5 Å². The van der Waals surface area contributed by atoms with Crippen LogP contribution in [-0.2, 0) is 0 Å². The Morgan fingerprint density at radius 1 is 0.464 bits per heavy atom. The molecule has 0 heterocycles. The standard InChI is InChI=1S/C28H58/c1-8-11-14-15-16-17-18-19-20-22-25-28(26(4)5,24-13-10-3)27(6,7)23-21-12-9-2/h26H,8-25H2,1-7H3. The summed E-state index contributed by atoms with van der Waals surface area (Å²) in [4.78, 5) is 0. The summed E-state index contributed by atoms with van der Waals surface area (Å²) in [5.41, 5.74) is 1.02. The minimum Gasteiger partial charge on any atom is -0.0654 e. The van der Waals surface area contributed by atoms with Crippen LogP contribution in [0, 0.1) is 16.7 Å². The highest BCUT2D eigenvalue weighted by molar-refractivity contribution is 4.95. The lowest BCUT2D eigenvalue weighted by Gasteiger charge is -2.51. The van der Waals surface area contributed by atoms with Gasteiger partial charge < -0.3 is 0 Å². The molecule has 0 aliphatic rings. The third-order valence-corrected chi connectivity index (χ3v) is 7.81. The van der Waals surface area contributed by atoms with E-state index < -0.39 is 0 Å². The van der Waals surface area contributed by atoms with Crippen molar-refractivity contribution in [2.45, 2.75) is 164 Å². The van der Waals surface area contributed by atoms with E-state index >= 15 is 0 Å². The second-order valence-corrected chi connectivity index (χ2v) is 10.7. The lowest BCUT2D eigenvalue weighted by molar-refractivity contribution is -0.0152. The fourth-order valence-electron chi connectivity index (χ4n) is 5.65. The van der Waals surface area contributed by atoms with Gasteiger partial charge in [-0.05, 0) is 36.0 Å². The normalized spacial score (nSPS) is 14.6. The van der Waals surface area contributed by atoms with Gasteiger partial charge in [-0.25, -0.2) is 0 Å². The van der Waals surface area contributed by atoms with Gasteiger partial charge in [0, 0.05) is 0 Å². The minimum absolute atomic E-state index is 0.477. The van der Waals surface area contributed by atoms with E-state index in [1.54, 1.807) is 0 Å². The summed E-state index contributed by atoms with van der Waals surface area (Å²) in [6.07, 6.45) is 25.7. The highest BCUT2D eigenvalue weighted by Crippen LogP contribution is 2.54. The first-order chi connectivity index (χ1) is 13.4. The van der Waals surface area contributed by atoms with Gasteiger partial charge in [0.05, 0.1) is 0 Å². The minimum atomic E-state index is 0.477. The van der Waals surface area contributed by atoms with Crippen LogP contribution in [0.1, 0.15) is 164 Å². The first-order valence-corrected chi connectivity index (χ1v) is 13.4. The van der Waals surface area contributed by atoms with Gasteiger partial charge >= 0.3 is 0 Å². The summed E-state index contributed by atoms with van der Waals surface area (Å²) in [6.45, 7) is 17.3. The molecule has 0 spiro atoms. The Hall–Kier alpha value is 0. The van der Waals surface area contributed by atoms with Crippen LogP contribution < -0.4 is 0 Å². The molecule has 0 aromatic heterocycles. The summed E-state index contributed by atoms with van der Waals surface area (Å²) in [5, 5.41) is 0. The molecule has 0 bridgehead atoms. The predicted molar refractivity (Wildman–Crippen MR) is 131 cm³/mol. The van der Waals surface area contributed by atoms with Crippen LogP contribution >= 0.6 is 0 Å². The monoisotopic (exact) mass is 394 g/mol. The Morgan fingerprint density at radius 3 is 1.29 bits per heavy atom. The lowest BCUT2D eigenvalue weighted by Crippen LogP contribution is -2.42. The molecule has 28 heavy (non-hydrogen) atoms. The van der Waals surface area contributed by atoms with Crippen LogP contribution in [0.15, 0.2) is 0 Å². The Morgan fingerprint density at radius 2 is 0.821 bits per heavy atom. The molecule has 0 fully saturated rings. The molecule has 0 aromatic carbocycles. The molecule has 170 valence electrons. The SMILES string of the molecule is CCCCCCCCCCCCC(CCCC)(C(C)C)C(C)(C)CCCCC. The Bertz CT molecular complexity index is 327. The highest BCUT2D eigenvalue weighted by Gasteiger charge is 2.45. The predicted octanol–water partition coefficient (Wildman–Crippen LogP) is 10.7. The van der Waals surface area contributed by atoms with Crippen molar-refractivity contribution >= 4 is 0 Å². The second kappa shape index (κ2) is 16.8. The smallest absolute Gasteiger partial charge is 0.0223 e. The van der Waals surface area contributed by atoms with Crippen molar-refractivity contribution < 1.29 is 0 Å². The van der Waals surface area contributed by atoms with E-state index in [1.165, 1.54) is 116 Å². The van der Waals surface area contributed by atoms with Crippen LogP contribution in [0.2, 0.25) is 0 Å². The number of rotatable bonds is 20. The molecule has 0 N–H and O–H groups in total. The lowest BCUT2D eigenvalue weighted by atomic mass is 9.54. The molecule has 1 atom stereocenters. The van der Waals surface area contributed by atoms with Gasteiger partial charge in [0.15, 0.2) is 0 Å². The van der Waals surface area contributed by atoms with E-state index in [1.807, 2.05) is 0 Å². The third kappa shape index (κ3) is 10.7. The van der Waals surface area contributed by atoms with Crippen LogP contribution in [-0.4, -0.2) is 0 Å². The fraction of sp³-hybridized carbons (Fsp3) is 1.00. The summed E-state index contributed by atoms with van der Waals surface area (Å²) in [7, 11) is 0. The molecule has 0 amide bonds. The zero-order valence-corrected chi connectivity index (χ0v) is 21.3. The van der Waals surface area contributed by atoms with Crippen LogP contribution in [0.4, 0.5) is 0 Å². The van der Waals surface area contributed by atoms with Crippen LogP contribution in [0.25, 0.3) is 0 Å². The van der Waals surface area contributed by atoms with E-state index in [-0.39, 0.29) is 0 Å². The average molecular weight is 395 g/mol. The molecule has 0 radical (unpaired) electrons. The summed E-state index contributed by atoms with van der Waals surface area (Å²) in [5.74, 6) is 0.800. The Labute approximate surface area is 181 Å². The Kier molecular flexibility index (Phi) is 16.8. The molecule has 0 rings (SSSR count). The molecular weight excluding hydrogens is 336 g/mol. The highest BCUT2D eigenvalue weighted by atomic mass is 14.5. The molecular formula is C28H58. The number of hydrogen-bond donors (Lipinski definition) is 0. The number of unbranched alkanes of at least 4 members (excludes halogenated alkanes) is 12. The molecule has 0 nitrogen and oxygen atoms in total. The average Bonchev–Trinajstić information content (AvgIpc) is 2.65. The molecule has 0 aliphatic heterocycles. The molecule has 0 saturated carbocycles. The maximum Gasteiger partial charge on any atom is -0.0223 e. The Balaban J connectivity index is 4.52. The summed E-state index contributed by atoms with van der Waals surface area (Å²) >= 11 is 0. The van der Waals surface area contributed by atoms with Crippen LogP contribution in [0.3, 0.4) is 0 Å². The first-order valence-electron chi connectivity index (χ1n) is 13.4. The largest absolute Gasteiger partial charge is 0.0654 e. The maximum absolute atomic E-state index is 2.61. The molecule has 0 saturated heterocycles. The van der Waals surface area contributed by atoms with Crippen molar-refractivity contribution in [1.82, 2.24) is 0 Å². The van der Waals surface area contributed by atoms with Crippen molar-refractivity contribution in [2.75, 3.05) is 0 Å². The van der Waals surface area contributed by atoms with Gasteiger partial charge in [0.25, 0.3) is 0 Å². The van der Waals surface area contributed by atoms with Gasteiger partial charge in [-0.2, -0.15) is 0 Å². The van der Waals surface area contributed by atoms with Crippen molar-refractivity contribution in [3.63, 3.8) is 0 Å².